The minimum Gasteiger partial charge on any atom is -0.321 e. The van der Waals surface area contributed by atoms with Crippen LogP contribution in [0.2, 0.25) is 0 Å². The molecule has 0 bridgehead atoms. The second-order valence-electron chi connectivity index (χ2n) is 4.62. The first-order chi connectivity index (χ1) is 7.17. The first-order valence-corrected chi connectivity index (χ1v) is 6.31. The summed E-state index contributed by atoms with van der Waals surface area (Å²) < 4.78 is 13.7. The summed E-state index contributed by atoms with van der Waals surface area (Å²) >= 11 is 1.66. The summed E-state index contributed by atoms with van der Waals surface area (Å²) in [5, 5.41) is 0.651. The van der Waals surface area contributed by atoms with Gasteiger partial charge in [0, 0.05) is 15.7 Å². The average Bonchev–Trinajstić information content (AvgIpc) is 3.08. The van der Waals surface area contributed by atoms with Gasteiger partial charge in [0.25, 0.3) is 0 Å². The van der Waals surface area contributed by atoms with E-state index in [0.29, 0.717) is 5.25 Å². The van der Waals surface area contributed by atoms with Crippen LogP contribution in [0.25, 0.3) is 0 Å². The van der Waals surface area contributed by atoms with E-state index >= 15 is 0 Å². The van der Waals surface area contributed by atoms with Crippen LogP contribution in [0.1, 0.15) is 31.2 Å². The van der Waals surface area contributed by atoms with Crippen molar-refractivity contribution in [1.82, 2.24) is 0 Å². The van der Waals surface area contributed by atoms with Crippen LogP contribution in [0.15, 0.2) is 23.1 Å². The Morgan fingerprint density at radius 2 is 2.07 bits per heavy atom. The molecule has 15 heavy (non-hydrogen) atoms. The van der Waals surface area contributed by atoms with Gasteiger partial charge in [-0.3, -0.25) is 0 Å². The molecule has 0 spiro atoms. The molecule has 0 heterocycles. The van der Waals surface area contributed by atoms with Gasteiger partial charge in [-0.2, -0.15) is 0 Å². The molecular formula is C12H14FNS. The zero-order valence-electron chi connectivity index (χ0n) is 8.50. The monoisotopic (exact) mass is 223 g/mol. The van der Waals surface area contributed by atoms with E-state index in [4.69, 9.17) is 5.73 Å². The van der Waals surface area contributed by atoms with Gasteiger partial charge in [-0.15, -0.1) is 11.8 Å². The van der Waals surface area contributed by atoms with Gasteiger partial charge in [-0.25, -0.2) is 4.39 Å². The van der Waals surface area contributed by atoms with Crippen molar-refractivity contribution in [2.75, 3.05) is 0 Å². The number of halogens is 1. The zero-order chi connectivity index (χ0) is 10.5. The van der Waals surface area contributed by atoms with Crippen molar-refractivity contribution >= 4 is 11.8 Å². The fourth-order valence-corrected chi connectivity index (χ4v) is 2.74. The number of nitrogens with two attached hydrogens (primary N) is 1. The van der Waals surface area contributed by atoms with Crippen molar-refractivity contribution in [2.45, 2.75) is 41.4 Å². The molecule has 1 aromatic rings. The Morgan fingerprint density at radius 3 is 2.60 bits per heavy atom. The largest absolute Gasteiger partial charge is 0.321 e. The highest BCUT2D eigenvalue weighted by atomic mass is 32.2. The number of hydrogen-bond acceptors (Lipinski definition) is 2. The quantitative estimate of drug-likeness (QED) is 0.852. The van der Waals surface area contributed by atoms with Crippen molar-refractivity contribution in [3.63, 3.8) is 0 Å². The SMILES string of the molecule is NC1(c2ccc(SC3CC3)c(F)c2)CC1. The Labute approximate surface area is 93.2 Å². The normalized spacial score (nSPS) is 22.8. The maximum absolute atomic E-state index is 13.7. The van der Waals surface area contributed by atoms with Crippen molar-refractivity contribution in [2.24, 2.45) is 5.73 Å². The van der Waals surface area contributed by atoms with E-state index in [1.54, 1.807) is 17.8 Å². The van der Waals surface area contributed by atoms with Crippen molar-refractivity contribution in [3.05, 3.63) is 29.6 Å². The molecule has 3 rings (SSSR count). The van der Waals surface area contributed by atoms with E-state index in [-0.39, 0.29) is 11.4 Å². The summed E-state index contributed by atoms with van der Waals surface area (Å²) in [7, 11) is 0. The third kappa shape index (κ3) is 1.91. The van der Waals surface area contributed by atoms with Crippen LogP contribution in [0.5, 0.6) is 0 Å². The van der Waals surface area contributed by atoms with Crippen molar-refractivity contribution in [1.29, 1.82) is 0 Å². The van der Waals surface area contributed by atoms with Crippen LogP contribution in [0.3, 0.4) is 0 Å². The summed E-state index contributed by atoms with van der Waals surface area (Å²) in [6, 6.07) is 5.50. The fourth-order valence-electron chi connectivity index (χ4n) is 1.69. The lowest BCUT2D eigenvalue weighted by molar-refractivity contribution is 0.593. The molecule has 0 atom stereocenters. The number of rotatable bonds is 3. The van der Waals surface area contributed by atoms with Crippen LogP contribution in [-0.4, -0.2) is 5.25 Å². The molecule has 0 aromatic heterocycles. The Bertz CT molecular complexity index is 397. The molecule has 80 valence electrons. The van der Waals surface area contributed by atoms with Gasteiger partial charge >= 0.3 is 0 Å². The van der Waals surface area contributed by atoms with E-state index in [9.17, 15) is 4.39 Å². The lowest BCUT2D eigenvalue weighted by atomic mass is 10.1. The molecule has 1 aromatic carbocycles. The van der Waals surface area contributed by atoms with E-state index in [0.717, 1.165) is 23.3 Å². The van der Waals surface area contributed by atoms with E-state index in [1.807, 2.05) is 12.1 Å². The summed E-state index contributed by atoms with van der Waals surface area (Å²) in [4.78, 5) is 0.783. The molecule has 2 fully saturated rings. The molecule has 0 amide bonds. The maximum atomic E-state index is 13.7. The van der Waals surface area contributed by atoms with Gasteiger partial charge < -0.3 is 5.73 Å². The summed E-state index contributed by atoms with van der Waals surface area (Å²) in [6.07, 6.45) is 4.43. The van der Waals surface area contributed by atoms with Crippen LogP contribution in [0.4, 0.5) is 4.39 Å². The highest BCUT2D eigenvalue weighted by molar-refractivity contribution is 8.00. The minimum absolute atomic E-state index is 0.0962. The fraction of sp³-hybridized carbons (Fsp3) is 0.500. The first kappa shape index (κ1) is 9.67. The Hall–Kier alpha value is -0.540. The summed E-state index contributed by atoms with van der Waals surface area (Å²) in [5.41, 5.74) is 6.77. The Balaban J connectivity index is 1.85. The highest BCUT2D eigenvalue weighted by Gasteiger charge is 2.40. The molecule has 2 N–H and O–H groups in total. The van der Waals surface area contributed by atoms with Crippen LogP contribution < -0.4 is 5.73 Å². The average molecular weight is 223 g/mol. The van der Waals surface area contributed by atoms with Gasteiger partial charge in [0.1, 0.15) is 5.82 Å². The van der Waals surface area contributed by atoms with E-state index < -0.39 is 0 Å². The van der Waals surface area contributed by atoms with E-state index in [1.165, 1.54) is 12.8 Å². The van der Waals surface area contributed by atoms with Gasteiger partial charge in [0.05, 0.1) is 0 Å². The number of hydrogen-bond donors (Lipinski definition) is 1. The topological polar surface area (TPSA) is 26.0 Å². The van der Waals surface area contributed by atoms with Crippen molar-refractivity contribution < 1.29 is 4.39 Å². The first-order valence-electron chi connectivity index (χ1n) is 5.43. The standard InChI is InChI=1S/C12H14FNS/c13-10-7-8(12(14)5-6-12)1-4-11(10)15-9-2-3-9/h1,4,7,9H,2-3,5-6,14H2. The molecule has 0 aliphatic heterocycles. The predicted octanol–water partition coefficient (Wildman–Crippen LogP) is 3.03. The predicted molar refractivity (Wildman–Crippen MR) is 60.4 cm³/mol. The molecule has 0 saturated heterocycles. The molecule has 0 unspecified atom stereocenters. The maximum Gasteiger partial charge on any atom is 0.137 e. The molecule has 2 aliphatic carbocycles. The Kier molecular flexibility index (Phi) is 2.08. The molecule has 2 saturated carbocycles. The third-order valence-electron chi connectivity index (χ3n) is 3.11. The van der Waals surface area contributed by atoms with Crippen LogP contribution >= 0.6 is 11.8 Å². The van der Waals surface area contributed by atoms with Crippen molar-refractivity contribution in [3.8, 4) is 0 Å². The second kappa shape index (κ2) is 3.22. The number of thioether (sulfide) groups is 1. The number of benzene rings is 1. The van der Waals surface area contributed by atoms with E-state index in [2.05, 4.69) is 0 Å². The molecule has 0 radical (unpaired) electrons. The molecule has 2 aliphatic rings. The minimum atomic E-state index is -0.219. The highest BCUT2D eigenvalue weighted by Crippen LogP contribution is 2.45. The van der Waals surface area contributed by atoms with Gasteiger partial charge in [0.2, 0.25) is 0 Å². The Morgan fingerprint density at radius 1 is 1.33 bits per heavy atom. The summed E-state index contributed by atoms with van der Waals surface area (Å²) in [5.74, 6) is -0.0962. The summed E-state index contributed by atoms with van der Waals surface area (Å²) in [6.45, 7) is 0. The van der Waals surface area contributed by atoms with Gasteiger partial charge in [-0.05, 0) is 43.4 Å². The third-order valence-corrected chi connectivity index (χ3v) is 4.50. The van der Waals surface area contributed by atoms with Gasteiger partial charge in [-0.1, -0.05) is 6.07 Å². The lowest BCUT2D eigenvalue weighted by Crippen LogP contribution is -2.18. The molecule has 1 nitrogen and oxygen atoms in total. The molecular weight excluding hydrogens is 209 g/mol. The smallest absolute Gasteiger partial charge is 0.137 e. The van der Waals surface area contributed by atoms with Gasteiger partial charge in [0.15, 0.2) is 0 Å². The van der Waals surface area contributed by atoms with Crippen LogP contribution in [-0.2, 0) is 5.54 Å². The lowest BCUT2D eigenvalue weighted by Gasteiger charge is -2.10. The second-order valence-corrected chi connectivity index (χ2v) is 5.96. The van der Waals surface area contributed by atoms with Crippen LogP contribution in [0, 0.1) is 5.82 Å². The molecule has 3 heteroatoms. The zero-order valence-corrected chi connectivity index (χ0v) is 9.32.